The zero-order valence-corrected chi connectivity index (χ0v) is 12.4. The Morgan fingerprint density at radius 3 is 2.55 bits per heavy atom. The van der Waals surface area contributed by atoms with Gasteiger partial charge in [0.2, 0.25) is 15.9 Å². The van der Waals surface area contributed by atoms with E-state index in [-0.39, 0.29) is 11.7 Å². The van der Waals surface area contributed by atoms with Crippen LogP contribution < -0.4 is 0 Å². The molecule has 1 fully saturated rings. The highest BCUT2D eigenvalue weighted by atomic mass is 32.2. The Morgan fingerprint density at radius 1 is 1.30 bits per heavy atom. The van der Waals surface area contributed by atoms with Crippen LogP contribution in [0.25, 0.3) is 0 Å². The maximum Gasteiger partial charge on any atom is 0.223 e. The number of carbonyl (C=O) groups excluding carboxylic acids is 1. The number of carbonyl (C=O) groups is 1. The number of nitrogens with zero attached hydrogens (tertiary/aromatic N) is 2. The standard InChI is InChI=1S/C13H20N2O4S/c1-2-20(17,18)15-9-7-14(8-10-15)13(16)6-5-12-4-3-11-19-12/h3-4,11H,2,5-10H2,1H3. The minimum atomic E-state index is -3.14. The number of sulfonamides is 1. The molecule has 0 aromatic carbocycles. The number of piperazine rings is 1. The number of hydrogen-bond acceptors (Lipinski definition) is 4. The largest absolute Gasteiger partial charge is 0.469 e. The summed E-state index contributed by atoms with van der Waals surface area (Å²) in [5.74, 6) is 0.958. The molecule has 2 heterocycles. The molecular formula is C13H20N2O4S. The summed E-state index contributed by atoms with van der Waals surface area (Å²) in [6.45, 7) is 3.36. The molecule has 1 aromatic rings. The van der Waals surface area contributed by atoms with Gasteiger partial charge in [-0.1, -0.05) is 0 Å². The monoisotopic (exact) mass is 300 g/mol. The number of furan rings is 1. The van der Waals surface area contributed by atoms with Crippen molar-refractivity contribution in [2.45, 2.75) is 19.8 Å². The third-order valence-corrected chi connectivity index (χ3v) is 5.40. The second-order valence-electron chi connectivity index (χ2n) is 4.76. The Bertz CT molecular complexity index is 531. The minimum absolute atomic E-state index is 0.0509. The van der Waals surface area contributed by atoms with Crippen LogP contribution in [0.15, 0.2) is 22.8 Å². The molecule has 6 nitrogen and oxygen atoms in total. The lowest BCUT2D eigenvalue weighted by atomic mass is 10.2. The van der Waals surface area contributed by atoms with E-state index in [1.165, 1.54) is 4.31 Å². The van der Waals surface area contributed by atoms with E-state index in [0.29, 0.717) is 39.0 Å². The molecule has 0 unspecified atom stereocenters. The van der Waals surface area contributed by atoms with Crippen molar-refractivity contribution in [1.82, 2.24) is 9.21 Å². The Balaban J connectivity index is 1.80. The molecule has 2 rings (SSSR count). The molecule has 1 aliphatic heterocycles. The van der Waals surface area contributed by atoms with Crippen LogP contribution >= 0.6 is 0 Å². The van der Waals surface area contributed by atoms with E-state index in [2.05, 4.69) is 0 Å². The third-order valence-electron chi connectivity index (χ3n) is 3.51. The number of amides is 1. The van der Waals surface area contributed by atoms with Crippen molar-refractivity contribution in [2.24, 2.45) is 0 Å². The lowest BCUT2D eigenvalue weighted by Gasteiger charge is -2.33. The van der Waals surface area contributed by atoms with Gasteiger partial charge < -0.3 is 9.32 Å². The van der Waals surface area contributed by atoms with E-state index in [4.69, 9.17) is 4.42 Å². The summed E-state index contributed by atoms with van der Waals surface area (Å²) in [6, 6.07) is 3.65. The molecule has 0 aliphatic carbocycles. The highest BCUT2D eigenvalue weighted by molar-refractivity contribution is 7.89. The summed E-state index contributed by atoms with van der Waals surface area (Å²) in [5, 5.41) is 0. The average molecular weight is 300 g/mol. The molecule has 20 heavy (non-hydrogen) atoms. The fraction of sp³-hybridized carbons (Fsp3) is 0.615. The van der Waals surface area contributed by atoms with E-state index in [1.54, 1.807) is 24.2 Å². The van der Waals surface area contributed by atoms with Gasteiger partial charge in [-0.05, 0) is 19.1 Å². The van der Waals surface area contributed by atoms with Crippen LogP contribution in [0.3, 0.4) is 0 Å². The van der Waals surface area contributed by atoms with Gasteiger partial charge in [0.15, 0.2) is 0 Å². The van der Waals surface area contributed by atoms with E-state index in [0.717, 1.165) is 5.76 Å². The van der Waals surface area contributed by atoms with Crippen molar-refractivity contribution in [3.63, 3.8) is 0 Å². The van der Waals surface area contributed by atoms with Gasteiger partial charge >= 0.3 is 0 Å². The Kier molecular flexibility index (Phi) is 4.82. The fourth-order valence-electron chi connectivity index (χ4n) is 2.24. The lowest BCUT2D eigenvalue weighted by Crippen LogP contribution is -2.50. The molecule has 0 spiro atoms. The van der Waals surface area contributed by atoms with Gasteiger partial charge in [-0.3, -0.25) is 4.79 Å². The van der Waals surface area contributed by atoms with Crippen LogP contribution in [-0.2, 0) is 21.2 Å². The average Bonchev–Trinajstić information content (AvgIpc) is 2.98. The second kappa shape index (κ2) is 6.41. The predicted octanol–water partition coefficient (Wildman–Crippen LogP) is 0.706. The zero-order chi connectivity index (χ0) is 14.6. The maximum atomic E-state index is 12.0. The van der Waals surface area contributed by atoms with Crippen molar-refractivity contribution in [3.05, 3.63) is 24.2 Å². The maximum absolute atomic E-state index is 12.0. The molecule has 112 valence electrons. The molecule has 0 atom stereocenters. The van der Waals surface area contributed by atoms with E-state index in [1.807, 2.05) is 6.07 Å². The van der Waals surface area contributed by atoms with E-state index >= 15 is 0 Å². The molecule has 0 N–H and O–H groups in total. The topological polar surface area (TPSA) is 70.8 Å². The van der Waals surface area contributed by atoms with Crippen molar-refractivity contribution >= 4 is 15.9 Å². The van der Waals surface area contributed by atoms with Gasteiger partial charge in [0.25, 0.3) is 0 Å². The highest BCUT2D eigenvalue weighted by Crippen LogP contribution is 2.11. The Morgan fingerprint density at radius 2 is 2.00 bits per heavy atom. The van der Waals surface area contributed by atoms with Crippen LogP contribution in [0.4, 0.5) is 0 Å². The Hall–Kier alpha value is -1.34. The Labute approximate surface area is 119 Å². The first-order chi connectivity index (χ1) is 9.53. The molecule has 1 saturated heterocycles. The zero-order valence-electron chi connectivity index (χ0n) is 11.6. The first-order valence-electron chi connectivity index (χ1n) is 6.81. The summed E-state index contributed by atoms with van der Waals surface area (Å²) in [4.78, 5) is 13.8. The molecule has 1 aliphatic rings. The normalized spacial score (nSPS) is 17.4. The van der Waals surface area contributed by atoms with Crippen LogP contribution in [-0.4, -0.2) is 55.5 Å². The van der Waals surface area contributed by atoms with Gasteiger partial charge in [0.05, 0.1) is 12.0 Å². The quantitative estimate of drug-likeness (QED) is 0.803. The van der Waals surface area contributed by atoms with Gasteiger partial charge in [-0.2, -0.15) is 4.31 Å². The molecule has 7 heteroatoms. The fourth-order valence-corrected chi connectivity index (χ4v) is 3.33. The van der Waals surface area contributed by atoms with Gasteiger partial charge in [0, 0.05) is 39.0 Å². The van der Waals surface area contributed by atoms with Crippen LogP contribution in [0.2, 0.25) is 0 Å². The van der Waals surface area contributed by atoms with Crippen molar-refractivity contribution in [2.75, 3.05) is 31.9 Å². The summed E-state index contributed by atoms with van der Waals surface area (Å²) < 4.78 is 30.1. The van der Waals surface area contributed by atoms with Crippen molar-refractivity contribution < 1.29 is 17.6 Å². The molecule has 0 saturated carbocycles. The number of hydrogen-bond donors (Lipinski definition) is 0. The lowest BCUT2D eigenvalue weighted by molar-refractivity contribution is -0.132. The van der Waals surface area contributed by atoms with Crippen LogP contribution in [0, 0.1) is 0 Å². The van der Waals surface area contributed by atoms with Crippen LogP contribution in [0.5, 0.6) is 0 Å². The molecule has 0 bridgehead atoms. The second-order valence-corrected chi connectivity index (χ2v) is 7.02. The van der Waals surface area contributed by atoms with Crippen molar-refractivity contribution in [3.8, 4) is 0 Å². The number of rotatable bonds is 5. The van der Waals surface area contributed by atoms with Gasteiger partial charge in [-0.25, -0.2) is 8.42 Å². The summed E-state index contributed by atoms with van der Waals surface area (Å²) in [7, 11) is -3.14. The van der Waals surface area contributed by atoms with Crippen molar-refractivity contribution in [1.29, 1.82) is 0 Å². The first kappa shape index (κ1) is 15.1. The van der Waals surface area contributed by atoms with Crippen LogP contribution in [0.1, 0.15) is 19.1 Å². The number of aryl methyl sites for hydroxylation is 1. The first-order valence-corrected chi connectivity index (χ1v) is 8.42. The molecule has 1 amide bonds. The van der Waals surface area contributed by atoms with Gasteiger partial charge in [-0.15, -0.1) is 0 Å². The predicted molar refractivity (Wildman–Crippen MR) is 74.6 cm³/mol. The molecule has 0 radical (unpaired) electrons. The highest BCUT2D eigenvalue weighted by Gasteiger charge is 2.27. The summed E-state index contributed by atoms with van der Waals surface area (Å²) in [6.07, 6.45) is 2.57. The smallest absolute Gasteiger partial charge is 0.223 e. The molecular weight excluding hydrogens is 280 g/mol. The summed E-state index contributed by atoms with van der Waals surface area (Å²) >= 11 is 0. The summed E-state index contributed by atoms with van der Waals surface area (Å²) in [5.41, 5.74) is 0. The third kappa shape index (κ3) is 3.61. The SMILES string of the molecule is CCS(=O)(=O)N1CCN(C(=O)CCc2ccco2)CC1. The van der Waals surface area contributed by atoms with E-state index < -0.39 is 10.0 Å². The molecule has 1 aromatic heterocycles. The van der Waals surface area contributed by atoms with E-state index in [9.17, 15) is 13.2 Å². The van der Waals surface area contributed by atoms with Gasteiger partial charge in [0.1, 0.15) is 5.76 Å². The minimum Gasteiger partial charge on any atom is -0.469 e.